The van der Waals surface area contributed by atoms with Crippen molar-refractivity contribution in [2.75, 3.05) is 32.6 Å². The number of methoxy groups -OCH3 is 1. The standard InChI is InChI=1S/C18H18Cl2N2O4/c1-22(10-16(23)21-18-14(19)7-4-8-15(18)20)17(24)11-26-13-6-3-5-12(9-13)25-2/h3-9H,10-11H2,1-2H3,(H,21,23). The number of benzene rings is 2. The number of halogens is 2. The van der Waals surface area contributed by atoms with Crippen LogP contribution in [0.5, 0.6) is 11.5 Å². The summed E-state index contributed by atoms with van der Waals surface area (Å²) in [5, 5.41) is 3.24. The van der Waals surface area contributed by atoms with Crippen molar-refractivity contribution >= 4 is 40.7 Å². The van der Waals surface area contributed by atoms with Crippen LogP contribution in [-0.2, 0) is 9.59 Å². The summed E-state index contributed by atoms with van der Waals surface area (Å²) in [5.41, 5.74) is 0.314. The zero-order valence-corrected chi connectivity index (χ0v) is 15.8. The van der Waals surface area contributed by atoms with Crippen molar-refractivity contribution in [3.05, 3.63) is 52.5 Å². The van der Waals surface area contributed by atoms with Gasteiger partial charge >= 0.3 is 0 Å². The van der Waals surface area contributed by atoms with Gasteiger partial charge in [-0.3, -0.25) is 9.59 Å². The van der Waals surface area contributed by atoms with Crippen molar-refractivity contribution in [2.45, 2.75) is 0 Å². The zero-order valence-electron chi connectivity index (χ0n) is 14.3. The lowest BCUT2D eigenvalue weighted by molar-refractivity contribution is -0.135. The number of rotatable bonds is 7. The third kappa shape index (κ3) is 5.54. The molecule has 0 aliphatic carbocycles. The smallest absolute Gasteiger partial charge is 0.260 e. The summed E-state index contributed by atoms with van der Waals surface area (Å²) < 4.78 is 10.5. The highest BCUT2D eigenvalue weighted by atomic mass is 35.5. The highest BCUT2D eigenvalue weighted by molar-refractivity contribution is 6.39. The van der Waals surface area contributed by atoms with Crippen LogP contribution in [0.2, 0.25) is 10.0 Å². The number of carbonyl (C=O) groups is 2. The Hall–Kier alpha value is -2.44. The van der Waals surface area contributed by atoms with Crippen LogP contribution in [0.25, 0.3) is 0 Å². The highest BCUT2D eigenvalue weighted by Gasteiger charge is 2.16. The van der Waals surface area contributed by atoms with Crippen molar-refractivity contribution in [1.29, 1.82) is 0 Å². The number of likely N-dealkylation sites (N-methyl/N-ethyl adjacent to an activating group) is 1. The lowest BCUT2D eigenvalue weighted by Crippen LogP contribution is -2.37. The number of anilines is 1. The molecule has 1 N–H and O–H groups in total. The second kappa shape index (κ2) is 9.31. The van der Waals surface area contributed by atoms with Crippen molar-refractivity contribution in [2.24, 2.45) is 0 Å². The van der Waals surface area contributed by atoms with Crippen LogP contribution >= 0.6 is 23.2 Å². The minimum atomic E-state index is -0.419. The Labute approximate surface area is 161 Å². The van der Waals surface area contributed by atoms with Gasteiger partial charge < -0.3 is 19.7 Å². The highest BCUT2D eigenvalue weighted by Crippen LogP contribution is 2.29. The first-order valence-electron chi connectivity index (χ1n) is 7.65. The van der Waals surface area contributed by atoms with Crippen LogP contribution in [0.15, 0.2) is 42.5 Å². The summed E-state index contributed by atoms with van der Waals surface area (Å²) in [7, 11) is 3.05. The largest absolute Gasteiger partial charge is 0.497 e. The Balaban J connectivity index is 1.87. The van der Waals surface area contributed by atoms with Crippen LogP contribution in [0, 0.1) is 0 Å². The number of nitrogens with one attached hydrogen (secondary N) is 1. The van der Waals surface area contributed by atoms with E-state index >= 15 is 0 Å². The van der Waals surface area contributed by atoms with Crippen molar-refractivity contribution < 1.29 is 19.1 Å². The third-order valence-corrected chi connectivity index (χ3v) is 4.07. The van der Waals surface area contributed by atoms with Gasteiger partial charge in [-0.1, -0.05) is 35.3 Å². The van der Waals surface area contributed by atoms with E-state index in [1.807, 2.05) is 0 Å². The van der Waals surface area contributed by atoms with Gasteiger partial charge in [0.25, 0.3) is 5.91 Å². The Morgan fingerprint density at radius 2 is 1.69 bits per heavy atom. The molecular weight excluding hydrogens is 379 g/mol. The zero-order chi connectivity index (χ0) is 19.1. The second-order valence-corrected chi connectivity index (χ2v) is 6.18. The van der Waals surface area contributed by atoms with E-state index in [2.05, 4.69) is 5.32 Å². The van der Waals surface area contributed by atoms with E-state index < -0.39 is 5.91 Å². The predicted octanol–water partition coefficient (Wildman–Crippen LogP) is 3.48. The van der Waals surface area contributed by atoms with Crippen LogP contribution < -0.4 is 14.8 Å². The van der Waals surface area contributed by atoms with E-state index in [1.54, 1.807) is 49.6 Å². The lowest BCUT2D eigenvalue weighted by atomic mass is 10.3. The maximum Gasteiger partial charge on any atom is 0.260 e. The number of nitrogens with zero attached hydrogens (tertiary/aromatic N) is 1. The summed E-state index contributed by atoms with van der Waals surface area (Å²) >= 11 is 12.0. The van der Waals surface area contributed by atoms with Gasteiger partial charge in [0.15, 0.2) is 6.61 Å². The average molecular weight is 397 g/mol. The molecule has 0 fully saturated rings. The molecule has 8 heteroatoms. The molecule has 0 heterocycles. The van der Waals surface area contributed by atoms with Gasteiger partial charge in [-0.2, -0.15) is 0 Å². The van der Waals surface area contributed by atoms with E-state index in [-0.39, 0.29) is 19.1 Å². The third-order valence-electron chi connectivity index (χ3n) is 3.44. The minimum absolute atomic E-state index is 0.165. The summed E-state index contributed by atoms with van der Waals surface area (Å²) in [5.74, 6) is 0.350. The molecule has 2 rings (SSSR count). The van der Waals surface area contributed by atoms with Gasteiger partial charge in [0, 0.05) is 13.1 Å². The Kier molecular flexibility index (Phi) is 7.12. The SMILES string of the molecule is COc1cccc(OCC(=O)N(C)CC(=O)Nc2c(Cl)cccc2Cl)c1. The number of para-hydroxylation sites is 1. The van der Waals surface area contributed by atoms with E-state index in [9.17, 15) is 9.59 Å². The van der Waals surface area contributed by atoms with Crippen molar-refractivity contribution in [3.8, 4) is 11.5 Å². The maximum atomic E-state index is 12.1. The summed E-state index contributed by atoms with van der Waals surface area (Å²) in [4.78, 5) is 25.5. The molecule has 2 aromatic carbocycles. The van der Waals surface area contributed by atoms with Gasteiger partial charge in [-0.05, 0) is 24.3 Å². The Morgan fingerprint density at radius 3 is 2.35 bits per heavy atom. The predicted molar refractivity (Wildman–Crippen MR) is 101 cm³/mol. The van der Waals surface area contributed by atoms with E-state index in [1.165, 1.54) is 11.9 Å². The van der Waals surface area contributed by atoms with Crippen molar-refractivity contribution in [3.63, 3.8) is 0 Å². The fourth-order valence-electron chi connectivity index (χ4n) is 2.05. The van der Waals surface area contributed by atoms with Crippen LogP contribution in [0.1, 0.15) is 0 Å². The van der Waals surface area contributed by atoms with Gasteiger partial charge in [-0.15, -0.1) is 0 Å². The molecule has 0 unspecified atom stereocenters. The molecule has 0 aliphatic heterocycles. The quantitative estimate of drug-likeness (QED) is 0.777. The molecule has 0 spiro atoms. The van der Waals surface area contributed by atoms with E-state index in [0.29, 0.717) is 27.2 Å². The van der Waals surface area contributed by atoms with Gasteiger partial charge in [-0.25, -0.2) is 0 Å². The molecule has 2 aromatic rings. The van der Waals surface area contributed by atoms with Crippen LogP contribution in [0.4, 0.5) is 5.69 Å². The topological polar surface area (TPSA) is 67.9 Å². The average Bonchev–Trinajstić information content (AvgIpc) is 2.63. The fourth-order valence-corrected chi connectivity index (χ4v) is 2.54. The monoisotopic (exact) mass is 396 g/mol. The Morgan fingerprint density at radius 1 is 1.08 bits per heavy atom. The minimum Gasteiger partial charge on any atom is -0.497 e. The molecule has 0 bridgehead atoms. The first-order valence-corrected chi connectivity index (χ1v) is 8.41. The van der Waals surface area contributed by atoms with Gasteiger partial charge in [0.1, 0.15) is 11.5 Å². The summed E-state index contributed by atoms with van der Waals surface area (Å²) in [6, 6.07) is 11.8. The van der Waals surface area contributed by atoms with Crippen LogP contribution in [-0.4, -0.2) is 44.0 Å². The number of amides is 2. The molecule has 0 aliphatic rings. The normalized spacial score (nSPS) is 10.2. The second-order valence-electron chi connectivity index (χ2n) is 5.36. The molecule has 0 saturated heterocycles. The summed E-state index contributed by atoms with van der Waals surface area (Å²) in [6.45, 7) is -0.369. The molecule has 138 valence electrons. The molecule has 0 atom stereocenters. The number of hydrogen-bond acceptors (Lipinski definition) is 4. The molecule has 0 radical (unpaired) electrons. The van der Waals surface area contributed by atoms with Gasteiger partial charge in [0.05, 0.1) is 29.4 Å². The maximum absolute atomic E-state index is 12.1. The van der Waals surface area contributed by atoms with Crippen LogP contribution in [0.3, 0.4) is 0 Å². The number of carbonyl (C=O) groups excluding carboxylic acids is 2. The lowest BCUT2D eigenvalue weighted by Gasteiger charge is -2.18. The van der Waals surface area contributed by atoms with Gasteiger partial charge in [0.2, 0.25) is 5.91 Å². The fraction of sp³-hybridized carbons (Fsp3) is 0.222. The number of ether oxygens (including phenoxy) is 2. The van der Waals surface area contributed by atoms with Crippen molar-refractivity contribution in [1.82, 2.24) is 4.90 Å². The molecule has 26 heavy (non-hydrogen) atoms. The molecule has 2 amide bonds. The molecule has 0 aromatic heterocycles. The van der Waals surface area contributed by atoms with E-state index in [0.717, 1.165) is 0 Å². The molecular formula is C18H18Cl2N2O4. The number of hydrogen-bond donors (Lipinski definition) is 1. The summed E-state index contributed by atoms with van der Waals surface area (Å²) in [6.07, 6.45) is 0. The first kappa shape index (κ1) is 19.9. The van der Waals surface area contributed by atoms with E-state index in [4.69, 9.17) is 32.7 Å². The molecule has 6 nitrogen and oxygen atoms in total. The Bertz CT molecular complexity index is 778. The first-order chi connectivity index (χ1) is 12.4. The molecule has 0 saturated carbocycles.